The van der Waals surface area contributed by atoms with Gasteiger partial charge in [0.05, 0.1) is 0 Å². The van der Waals surface area contributed by atoms with Crippen molar-refractivity contribution in [2.45, 2.75) is 34.3 Å². The van der Waals surface area contributed by atoms with E-state index in [0.717, 1.165) is 11.3 Å². The molecule has 3 aromatic rings. The van der Waals surface area contributed by atoms with E-state index in [0.29, 0.717) is 24.0 Å². The number of nitrogens with one attached hydrogen (secondary N) is 1. The Morgan fingerprint density at radius 3 is 2.80 bits per heavy atom. The van der Waals surface area contributed by atoms with Crippen LogP contribution in [-0.4, -0.2) is 35.0 Å². The highest BCUT2D eigenvalue weighted by molar-refractivity contribution is 5.45. The van der Waals surface area contributed by atoms with Crippen LogP contribution in [0, 0.1) is 13.8 Å². The Morgan fingerprint density at radius 1 is 1.30 bits per heavy atom. The molecule has 0 spiro atoms. The fourth-order valence-electron chi connectivity index (χ4n) is 1.59. The fraction of sp³-hybridized carbons (Fsp3) is 0.417. The molecule has 0 saturated carbocycles. The molecule has 0 aromatic carbocycles. The summed E-state index contributed by atoms with van der Waals surface area (Å²) < 4.78 is 7.23. The van der Waals surface area contributed by atoms with Gasteiger partial charge in [-0.25, -0.2) is 9.50 Å². The van der Waals surface area contributed by atoms with Crippen molar-refractivity contribution in [1.82, 2.24) is 35.0 Å². The molecular weight excluding hydrogens is 258 g/mol. The first-order valence-corrected chi connectivity index (χ1v) is 6.40. The van der Waals surface area contributed by atoms with Gasteiger partial charge in [0.2, 0.25) is 5.88 Å². The average molecular weight is 275 g/mol. The standard InChI is InChI=1S/C10H11N7O.C2H6/c1-6-3-17-9(7(2)14-16-17)13-10(6)18-4-8-11-5-12-15-8;1-2/h3,5H,4H2,1-2H3,(H,11,12,15);1-2H3. The second-order valence-electron chi connectivity index (χ2n) is 3.89. The number of nitrogens with zero attached hydrogens (tertiary/aromatic N) is 6. The molecule has 0 aliphatic carbocycles. The van der Waals surface area contributed by atoms with E-state index in [4.69, 9.17) is 4.74 Å². The maximum atomic E-state index is 5.60. The molecule has 8 nitrogen and oxygen atoms in total. The third kappa shape index (κ3) is 2.73. The van der Waals surface area contributed by atoms with Crippen LogP contribution in [0.5, 0.6) is 5.88 Å². The minimum atomic E-state index is 0.296. The second kappa shape index (κ2) is 6.09. The number of aromatic nitrogens is 7. The van der Waals surface area contributed by atoms with Crippen molar-refractivity contribution < 1.29 is 4.74 Å². The summed E-state index contributed by atoms with van der Waals surface area (Å²) in [7, 11) is 0. The van der Waals surface area contributed by atoms with Gasteiger partial charge in [-0.3, -0.25) is 5.10 Å². The van der Waals surface area contributed by atoms with Crippen LogP contribution in [0.3, 0.4) is 0 Å². The third-order valence-electron chi connectivity index (χ3n) is 2.50. The van der Waals surface area contributed by atoms with Crippen molar-refractivity contribution in [1.29, 1.82) is 0 Å². The molecule has 1 N–H and O–H groups in total. The highest BCUT2D eigenvalue weighted by Gasteiger charge is 2.09. The van der Waals surface area contributed by atoms with Crippen LogP contribution in [0.4, 0.5) is 0 Å². The highest BCUT2D eigenvalue weighted by atomic mass is 16.5. The van der Waals surface area contributed by atoms with E-state index in [2.05, 4.69) is 30.5 Å². The summed E-state index contributed by atoms with van der Waals surface area (Å²) in [5.41, 5.74) is 2.33. The molecule has 3 rings (SSSR count). The third-order valence-corrected chi connectivity index (χ3v) is 2.50. The van der Waals surface area contributed by atoms with Gasteiger partial charge >= 0.3 is 0 Å². The first-order chi connectivity index (χ1) is 9.74. The van der Waals surface area contributed by atoms with Crippen LogP contribution in [0.2, 0.25) is 0 Å². The van der Waals surface area contributed by atoms with Crippen LogP contribution in [-0.2, 0) is 6.61 Å². The fourth-order valence-corrected chi connectivity index (χ4v) is 1.59. The number of fused-ring (bicyclic) bond motifs is 1. The topological polar surface area (TPSA) is 93.9 Å². The average Bonchev–Trinajstić information content (AvgIpc) is 3.09. The minimum absolute atomic E-state index is 0.296. The predicted molar refractivity (Wildman–Crippen MR) is 72.3 cm³/mol. The molecule has 0 amide bonds. The van der Waals surface area contributed by atoms with Gasteiger partial charge in [-0.05, 0) is 13.8 Å². The zero-order chi connectivity index (χ0) is 14.5. The molecule has 0 radical (unpaired) electrons. The first-order valence-electron chi connectivity index (χ1n) is 6.40. The molecule has 20 heavy (non-hydrogen) atoms. The van der Waals surface area contributed by atoms with Gasteiger partial charge in [0, 0.05) is 11.8 Å². The van der Waals surface area contributed by atoms with Crippen molar-refractivity contribution in [2.24, 2.45) is 0 Å². The SMILES string of the molecule is CC.Cc1cn2nnc(C)c2nc1OCc1ncn[nH]1. The van der Waals surface area contributed by atoms with Crippen LogP contribution in [0.15, 0.2) is 12.5 Å². The first kappa shape index (κ1) is 13.9. The molecule has 0 aliphatic heterocycles. The normalized spacial score (nSPS) is 10.2. The molecule has 8 heteroatoms. The summed E-state index contributed by atoms with van der Waals surface area (Å²) in [5, 5.41) is 14.4. The molecule has 106 valence electrons. The number of ether oxygens (including phenoxy) is 1. The molecule has 0 saturated heterocycles. The largest absolute Gasteiger partial charge is 0.469 e. The van der Waals surface area contributed by atoms with Crippen molar-refractivity contribution in [3.8, 4) is 5.88 Å². The lowest BCUT2D eigenvalue weighted by Gasteiger charge is -2.06. The summed E-state index contributed by atoms with van der Waals surface area (Å²) in [6.45, 7) is 8.05. The van der Waals surface area contributed by atoms with E-state index in [1.165, 1.54) is 6.33 Å². The Kier molecular flexibility index (Phi) is 4.24. The maximum Gasteiger partial charge on any atom is 0.220 e. The van der Waals surface area contributed by atoms with E-state index < -0.39 is 0 Å². The van der Waals surface area contributed by atoms with Gasteiger partial charge < -0.3 is 4.74 Å². The zero-order valence-electron chi connectivity index (χ0n) is 12.0. The molecule has 0 fully saturated rings. The molecule has 0 aliphatic rings. The van der Waals surface area contributed by atoms with Crippen molar-refractivity contribution in [3.63, 3.8) is 0 Å². The quantitative estimate of drug-likeness (QED) is 0.777. The molecule has 0 unspecified atom stereocenters. The van der Waals surface area contributed by atoms with Crippen molar-refractivity contribution >= 4 is 5.65 Å². The predicted octanol–water partition coefficient (Wildman–Crippen LogP) is 1.46. The lowest BCUT2D eigenvalue weighted by atomic mass is 10.3. The number of H-pyrrole nitrogens is 1. The smallest absolute Gasteiger partial charge is 0.220 e. The number of rotatable bonds is 3. The van der Waals surface area contributed by atoms with E-state index in [-0.39, 0.29) is 0 Å². The van der Waals surface area contributed by atoms with E-state index in [1.54, 1.807) is 4.52 Å². The summed E-state index contributed by atoms with van der Waals surface area (Å²) in [6.07, 6.45) is 3.27. The summed E-state index contributed by atoms with van der Waals surface area (Å²) in [5.74, 6) is 1.20. The Bertz CT molecular complexity index is 674. The highest BCUT2D eigenvalue weighted by Crippen LogP contribution is 2.17. The monoisotopic (exact) mass is 275 g/mol. The van der Waals surface area contributed by atoms with Gasteiger partial charge in [-0.1, -0.05) is 19.1 Å². The molecule has 3 heterocycles. The summed E-state index contributed by atoms with van der Waals surface area (Å²) in [4.78, 5) is 8.37. The van der Waals surface area contributed by atoms with Crippen molar-refractivity contribution in [2.75, 3.05) is 0 Å². The van der Waals surface area contributed by atoms with Crippen LogP contribution >= 0.6 is 0 Å². The van der Waals surface area contributed by atoms with Gasteiger partial charge in [-0.2, -0.15) is 10.1 Å². The van der Waals surface area contributed by atoms with Gasteiger partial charge in [0.1, 0.15) is 18.6 Å². The maximum absolute atomic E-state index is 5.60. The van der Waals surface area contributed by atoms with Crippen LogP contribution in [0.1, 0.15) is 30.9 Å². The molecule has 0 bridgehead atoms. The van der Waals surface area contributed by atoms with Gasteiger partial charge in [0.15, 0.2) is 11.5 Å². The Morgan fingerprint density at radius 2 is 2.10 bits per heavy atom. The van der Waals surface area contributed by atoms with Crippen LogP contribution in [0.25, 0.3) is 5.65 Å². The number of aryl methyl sites for hydroxylation is 2. The zero-order valence-corrected chi connectivity index (χ0v) is 12.0. The number of hydrogen-bond acceptors (Lipinski definition) is 6. The van der Waals surface area contributed by atoms with E-state index in [9.17, 15) is 0 Å². The van der Waals surface area contributed by atoms with E-state index in [1.807, 2.05) is 33.9 Å². The summed E-state index contributed by atoms with van der Waals surface area (Å²) in [6, 6.07) is 0. The molecule has 3 aromatic heterocycles. The number of aromatic amines is 1. The van der Waals surface area contributed by atoms with Crippen molar-refractivity contribution in [3.05, 3.63) is 29.6 Å². The lowest BCUT2D eigenvalue weighted by Crippen LogP contribution is -2.03. The Balaban J connectivity index is 0.000000704. The second-order valence-corrected chi connectivity index (χ2v) is 3.89. The van der Waals surface area contributed by atoms with Gasteiger partial charge in [0.25, 0.3) is 0 Å². The van der Waals surface area contributed by atoms with Crippen LogP contribution < -0.4 is 4.74 Å². The molecular formula is C12H17N7O. The Labute approximate surface area is 116 Å². The van der Waals surface area contributed by atoms with Gasteiger partial charge in [-0.15, -0.1) is 5.10 Å². The Hall–Kier alpha value is -2.51. The minimum Gasteiger partial charge on any atom is -0.469 e. The summed E-state index contributed by atoms with van der Waals surface area (Å²) >= 11 is 0. The number of hydrogen-bond donors (Lipinski definition) is 1. The molecule has 0 atom stereocenters. The van der Waals surface area contributed by atoms with E-state index >= 15 is 0 Å². The lowest BCUT2D eigenvalue weighted by molar-refractivity contribution is 0.282.